The Hall–Kier alpha value is -1.60. The van der Waals surface area contributed by atoms with Gasteiger partial charge < -0.3 is 10.2 Å². The number of anilines is 1. The fourth-order valence-corrected chi connectivity index (χ4v) is 3.55. The molecule has 0 unspecified atom stereocenters. The fourth-order valence-electron chi connectivity index (χ4n) is 2.55. The van der Waals surface area contributed by atoms with E-state index in [-0.39, 0.29) is 10.9 Å². The second-order valence-corrected chi connectivity index (χ2v) is 7.37. The number of aryl methyl sites for hydroxylation is 1. The second-order valence-electron chi connectivity index (χ2n) is 5.52. The number of sulfonamides is 1. The van der Waals surface area contributed by atoms with Crippen molar-refractivity contribution in [2.24, 2.45) is 0 Å². The molecule has 2 amide bonds. The first kappa shape index (κ1) is 16.8. The summed E-state index contributed by atoms with van der Waals surface area (Å²) in [5.41, 5.74) is 1.13. The molecule has 0 bridgehead atoms. The molecule has 1 fully saturated rings. The van der Waals surface area contributed by atoms with Crippen LogP contribution in [0.1, 0.15) is 31.2 Å². The van der Waals surface area contributed by atoms with Gasteiger partial charge in [0.1, 0.15) is 0 Å². The summed E-state index contributed by atoms with van der Waals surface area (Å²) in [6.45, 7) is 3.23. The van der Waals surface area contributed by atoms with E-state index in [9.17, 15) is 13.2 Å². The third-order valence-electron chi connectivity index (χ3n) is 3.89. The van der Waals surface area contributed by atoms with Gasteiger partial charge in [-0.2, -0.15) is 0 Å². The van der Waals surface area contributed by atoms with E-state index in [2.05, 4.69) is 10.0 Å². The highest BCUT2D eigenvalue weighted by Gasteiger charge is 2.18. The van der Waals surface area contributed by atoms with E-state index in [1.54, 1.807) is 24.0 Å². The first-order valence-electron chi connectivity index (χ1n) is 7.54. The summed E-state index contributed by atoms with van der Waals surface area (Å²) in [6, 6.07) is 4.75. The molecule has 1 heterocycles. The van der Waals surface area contributed by atoms with Crippen LogP contribution in [-0.4, -0.2) is 39.5 Å². The molecule has 2 rings (SSSR count). The number of benzene rings is 1. The molecule has 0 radical (unpaired) electrons. The van der Waals surface area contributed by atoms with Crippen molar-refractivity contribution in [1.29, 1.82) is 0 Å². The van der Waals surface area contributed by atoms with Gasteiger partial charge >= 0.3 is 6.03 Å². The van der Waals surface area contributed by atoms with E-state index >= 15 is 0 Å². The van der Waals surface area contributed by atoms with Crippen molar-refractivity contribution in [2.45, 2.75) is 37.5 Å². The van der Waals surface area contributed by atoms with Gasteiger partial charge in [-0.15, -0.1) is 0 Å². The molecule has 1 aromatic carbocycles. The Morgan fingerprint density at radius 3 is 2.36 bits per heavy atom. The summed E-state index contributed by atoms with van der Waals surface area (Å²) in [7, 11) is -2.16. The molecule has 6 nitrogen and oxygen atoms in total. The van der Waals surface area contributed by atoms with Crippen LogP contribution in [0.25, 0.3) is 0 Å². The molecular weight excluding hydrogens is 302 g/mol. The third-order valence-corrected chi connectivity index (χ3v) is 5.45. The number of hydrogen-bond acceptors (Lipinski definition) is 3. The Morgan fingerprint density at radius 1 is 1.14 bits per heavy atom. The maximum Gasteiger partial charge on any atom is 0.321 e. The van der Waals surface area contributed by atoms with Gasteiger partial charge in [0.15, 0.2) is 0 Å². The minimum atomic E-state index is -3.53. The van der Waals surface area contributed by atoms with E-state index in [1.165, 1.54) is 13.1 Å². The van der Waals surface area contributed by atoms with Crippen molar-refractivity contribution in [3.05, 3.63) is 23.8 Å². The van der Waals surface area contributed by atoms with Crippen molar-refractivity contribution in [2.75, 3.05) is 25.5 Å². The number of hydrogen-bond donors (Lipinski definition) is 2. The summed E-state index contributed by atoms with van der Waals surface area (Å²) >= 11 is 0. The number of likely N-dealkylation sites (tertiary alicyclic amines) is 1. The van der Waals surface area contributed by atoms with Crippen molar-refractivity contribution in [3.63, 3.8) is 0 Å². The summed E-state index contributed by atoms with van der Waals surface area (Å²) in [4.78, 5) is 14.3. The number of carbonyl (C=O) groups excluding carboxylic acids is 1. The van der Waals surface area contributed by atoms with E-state index in [0.717, 1.165) is 38.8 Å². The lowest BCUT2D eigenvalue weighted by molar-refractivity contribution is 0.214. The maximum atomic E-state index is 12.3. The largest absolute Gasteiger partial charge is 0.325 e. The van der Waals surface area contributed by atoms with Gasteiger partial charge in [-0.3, -0.25) is 0 Å². The normalized spacial score (nSPS) is 16.2. The van der Waals surface area contributed by atoms with E-state index in [4.69, 9.17) is 0 Å². The Morgan fingerprint density at radius 2 is 1.77 bits per heavy atom. The molecule has 0 spiro atoms. The monoisotopic (exact) mass is 325 g/mol. The van der Waals surface area contributed by atoms with Crippen LogP contribution in [0.2, 0.25) is 0 Å². The van der Waals surface area contributed by atoms with Gasteiger partial charge in [-0.25, -0.2) is 17.9 Å². The van der Waals surface area contributed by atoms with Crippen molar-refractivity contribution in [1.82, 2.24) is 9.62 Å². The average Bonchev–Trinajstić information content (AvgIpc) is 2.78. The summed E-state index contributed by atoms with van der Waals surface area (Å²) in [5, 5.41) is 2.80. The second kappa shape index (κ2) is 7.11. The molecule has 22 heavy (non-hydrogen) atoms. The zero-order valence-electron chi connectivity index (χ0n) is 13.1. The van der Waals surface area contributed by atoms with Crippen LogP contribution in [-0.2, 0) is 10.0 Å². The molecule has 1 aromatic rings. The molecular formula is C15H23N3O3S. The molecule has 2 N–H and O–H groups in total. The molecule has 1 aliphatic heterocycles. The smallest absolute Gasteiger partial charge is 0.321 e. The predicted molar refractivity (Wildman–Crippen MR) is 86.5 cm³/mol. The number of rotatable bonds is 3. The first-order chi connectivity index (χ1) is 10.4. The summed E-state index contributed by atoms with van der Waals surface area (Å²) in [5.74, 6) is 0. The van der Waals surface area contributed by atoms with Crippen molar-refractivity contribution < 1.29 is 13.2 Å². The Labute approximate surface area is 131 Å². The van der Waals surface area contributed by atoms with Gasteiger partial charge in [0.25, 0.3) is 0 Å². The molecule has 1 saturated heterocycles. The molecule has 1 aliphatic rings. The van der Waals surface area contributed by atoms with Gasteiger partial charge in [0, 0.05) is 18.8 Å². The van der Waals surface area contributed by atoms with Gasteiger partial charge in [-0.05, 0) is 44.5 Å². The van der Waals surface area contributed by atoms with Crippen LogP contribution < -0.4 is 10.0 Å². The summed E-state index contributed by atoms with van der Waals surface area (Å²) in [6.07, 6.45) is 4.33. The van der Waals surface area contributed by atoms with E-state index < -0.39 is 10.0 Å². The van der Waals surface area contributed by atoms with Crippen molar-refractivity contribution >= 4 is 21.7 Å². The van der Waals surface area contributed by atoms with Gasteiger partial charge in [0.05, 0.1) is 4.90 Å². The highest BCUT2D eigenvalue weighted by Crippen LogP contribution is 2.20. The number of carbonyl (C=O) groups is 1. The minimum Gasteiger partial charge on any atom is -0.325 e. The highest BCUT2D eigenvalue weighted by atomic mass is 32.2. The maximum absolute atomic E-state index is 12.3. The molecule has 0 atom stereocenters. The number of nitrogens with zero attached hydrogens (tertiary/aromatic N) is 1. The van der Waals surface area contributed by atoms with Crippen LogP contribution in [0.15, 0.2) is 23.1 Å². The molecule has 0 aliphatic carbocycles. The summed E-state index contributed by atoms with van der Waals surface area (Å²) < 4.78 is 26.2. The molecule has 0 saturated carbocycles. The Balaban J connectivity index is 2.16. The number of nitrogens with one attached hydrogen (secondary N) is 2. The number of amides is 2. The average molecular weight is 325 g/mol. The zero-order chi connectivity index (χ0) is 16.2. The fraction of sp³-hybridized carbons (Fsp3) is 0.533. The third kappa shape index (κ3) is 3.98. The lowest BCUT2D eigenvalue weighted by atomic mass is 10.2. The van der Waals surface area contributed by atoms with Crippen LogP contribution >= 0.6 is 0 Å². The van der Waals surface area contributed by atoms with Crippen molar-refractivity contribution in [3.8, 4) is 0 Å². The number of urea groups is 1. The van der Waals surface area contributed by atoms with Crippen LogP contribution in [0.4, 0.5) is 10.5 Å². The van der Waals surface area contributed by atoms with Crippen LogP contribution in [0, 0.1) is 6.92 Å². The standard InChI is InChI=1S/C15H23N3O3S/c1-12-7-8-13(11-14(12)22(20,21)16-2)17-15(19)18-9-5-3-4-6-10-18/h7-8,11,16H,3-6,9-10H2,1-2H3,(H,17,19). The van der Waals surface area contributed by atoms with E-state index in [0.29, 0.717) is 11.3 Å². The Kier molecular flexibility index (Phi) is 5.42. The highest BCUT2D eigenvalue weighted by molar-refractivity contribution is 7.89. The van der Waals surface area contributed by atoms with E-state index in [1.807, 2.05) is 0 Å². The van der Waals surface area contributed by atoms with Gasteiger partial charge in [0.2, 0.25) is 10.0 Å². The zero-order valence-corrected chi connectivity index (χ0v) is 13.9. The predicted octanol–water partition coefficient (Wildman–Crippen LogP) is 2.31. The Bertz CT molecular complexity index is 635. The molecule has 0 aromatic heterocycles. The first-order valence-corrected chi connectivity index (χ1v) is 9.02. The quantitative estimate of drug-likeness (QED) is 0.895. The van der Waals surface area contributed by atoms with Crippen LogP contribution in [0.5, 0.6) is 0 Å². The molecule has 7 heteroatoms. The minimum absolute atomic E-state index is 0.168. The lowest BCUT2D eigenvalue weighted by Gasteiger charge is -2.21. The molecule has 122 valence electrons. The SMILES string of the molecule is CNS(=O)(=O)c1cc(NC(=O)N2CCCCCC2)ccc1C. The topological polar surface area (TPSA) is 78.5 Å². The van der Waals surface area contributed by atoms with Gasteiger partial charge in [-0.1, -0.05) is 18.9 Å². The lowest BCUT2D eigenvalue weighted by Crippen LogP contribution is -2.35. The van der Waals surface area contributed by atoms with Crippen LogP contribution in [0.3, 0.4) is 0 Å².